The summed E-state index contributed by atoms with van der Waals surface area (Å²) in [6.07, 6.45) is 3.29. The summed E-state index contributed by atoms with van der Waals surface area (Å²) in [4.78, 5) is 1.08. The maximum absolute atomic E-state index is 6.18. The Hall–Kier alpha value is -2.70. The molecule has 4 N–H and O–H groups in total. The molecule has 1 aliphatic heterocycles. The summed E-state index contributed by atoms with van der Waals surface area (Å²) in [5.41, 5.74) is 9.82. The molecule has 108 valence electrons. The Balaban J connectivity index is 2.01. The minimum atomic E-state index is 0.636. The first-order valence-corrected chi connectivity index (χ1v) is 7.75. The standard InChI is InChI=1S/C16H12N4OS/c17-6-10-15-13-12(8-22-15)19(9-4-2-1-3-5-9)11-7-21-16(14(11)13)20(10)18/h1-8H,17-18H2/b10-6-. The molecular formula is C16H12N4OS. The van der Waals surface area contributed by atoms with Crippen LogP contribution in [-0.2, 0) is 0 Å². The van der Waals surface area contributed by atoms with Crippen LogP contribution in [0.1, 0.15) is 4.88 Å². The van der Waals surface area contributed by atoms with E-state index in [2.05, 4.69) is 22.1 Å². The molecule has 5 nitrogen and oxygen atoms in total. The molecule has 0 atom stereocenters. The summed E-state index contributed by atoms with van der Waals surface area (Å²) in [6, 6.07) is 10.2. The van der Waals surface area contributed by atoms with E-state index in [9.17, 15) is 0 Å². The van der Waals surface area contributed by atoms with Crippen LogP contribution in [0, 0.1) is 0 Å². The zero-order valence-electron chi connectivity index (χ0n) is 11.5. The molecule has 3 aromatic heterocycles. The van der Waals surface area contributed by atoms with Crippen LogP contribution in [-0.4, -0.2) is 4.57 Å². The normalized spacial score (nSPS) is 15.7. The van der Waals surface area contributed by atoms with E-state index in [1.807, 2.05) is 18.2 Å². The number of anilines is 1. The number of nitrogens with zero attached hydrogens (tertiary/aromatic N) is 2. The second-order valence-corrected chi connectivity index (χ2v) is 6.10. The maximum atomic E-state index is 6.18. The van der Waals surface area contributed by atoms with Crippen molar-refractivity contribution in [3.8, 4) is 5.69 Å². The lowest BCUT2D eigenvalue weighted by atomic mass is 10.1. The van der Waals surface area contributed by atoms with Gasteiger partial charge in [-0.05, 0) is 12.1 Å². The maximum Gasteiger partial charge on any atom is 0.224 e. The predicted octanol–water partition coefficient (Wildman–Crippen LogP) is 3.39. The topological polar surface area (TPSA) is 73.3 Å². The largest absolute Gasteiger partial charge is 0.444 e. The van der Waals surface area contributed by atoms with Crippen LogP contribution in [0.2, 0.25) is 0 Å². The monoisotopic (exact) mass is 308 g/mol. The van der Waals surface area contributed by atoms with Gasteiger partial charge in [-0.1, -0.05) is 18.2 Å². The van der Waals surface area contributed by atoms with Crippen LogP contribution in [0.15, 0.2) is 52.6 Å². The van der Waals surface area contributed by atoms with Crippen LogP contribution in [0.3, 0.4) is 0 Å². The number of rotatable bonds is 1. The molecule has 0 radical (unpaired) electrons. The molecule has 0 unspecified atom stereocenters. The molecule has 22 heavy (non-hydrogen) atoms. The molecule has 4 heterocycles. The Morgan fingerprint density at radius 2 is 1.91 bits per heavy atom. The second kappa shape index (κ2) is 3.94. The van der Waals surface area contributed by atoms with Gasteiger partial charge in [-0.25, -0.2) is 10.9 Å². The molecule has 0 aliphatic carbocycles. The SMILES string of the molecule is N/C=C1/c2scc3c2c2c(occ2n3-c2ccccc2)N1N. The van der Waals surface area contributed by atoms with Crippen LogP contribution < -0.4 is 16.6 Å². The van der Waals surface area contributed by atoms with Crippen molar-refractivity contribution in [3.63, 3.8) is 0 Å². The highest BCUT2D eigenvalue weighted by Crippen LogP contribution is 2.49. The highest BCUT2D eigenvalue weighted by atomic mass is 32.1. The summed E-state index contributed by atoms with van der Waals surface area (Å²) in [5, 5.41) is 5.87. The van der Waals surface area contributed by atoms with Gasteiger partial charge in [0.2, 0.25) is 5.88 Å². The third-order valence-electron chi connectivity index (χ3n) is 4.14. The summed E-state index contributed by atoms with van der Waals surface area (Å²) >= 11 is 1.65. The van der Waals surface area contributed by atoms with Gasteiger partial charge in [0, 0.05) is 22.7 Å². The zero-order valence-corrected chi connectivity index (χ0v) is 12.3. The highest BCUT2D eigenvalue weighted by Gasteiger charge is 2.31. The van der Waals surface area contributed by atoms with E-state index in [1.54, 1.807) is 17.6 Å². The number of para-hydroxylation sites is 1. The minimum absolute atomic E-state index is 0.636. The van der Waals surface area contributed by atoms with E-state index in [-0.39, 0.29) is 0 Å². The molecule has 4 aromatic rings. The molecule has 0 amide bonds. The van der Waals surface area contributed by atoms with E-state index >= 15 is 0 Å². The molecule has 0 fully saturated rings. The van der Waals surface area contributed by atoms with E-state index in [0.29, 0.717) is 5.88 Å². The number of thiophene rings is 1. The third kappa shape index (κ3) is 1.22. The van der Waals surface area contributed by atoms with Gasteiger partial charge in [0.15, 0.2) is 0 Å². The van der Waals surface area contributed by atoms with Gasteiger partial charge in [0.1, 0.15) is 6.26 Å². The Labute approximate surface area is 129 Å². The summed E-state index contributed by atoms with van der Waals surface area (Å²) in [6.45, 7) is 0. The van der Waals surface area contributed by atoms with E-state index in [0.717, 1.165) is 38.1 Å². The van der Waals surface area contributed by atoms with Gasteiger partial charge in [0.05, 0.1) is 27.0 Å². The van der Waals surface area contributed by atoms with Crippen molar-refractivity contribution >= 4 is 44.7 Å². The summed E-state index contributed by atoms with van der Waals surface area (Å²) < 4.78 is 7.92. The smallest absolute Gasteiger partial charge is 0.224 e. The zero-order chi connectivity index (χ0) is 14.8. The first kappa shape index (κ1) is 11.9. The number of furan rings is 1. The fraction of sp³-hybridized carbons (Fsp3) is 0. The van der Waals surface area contributed by atoms with Gasteiger partial charge in [-0.3, -0.25) is 0 Å². The Bertz CT molecular complexity index is 1050. The Kier molecular flexibility index (Phi) is 2.13. The molecule has 1 aromatic carbocycles. The fourth-order valence-corrected chi connectivity index (χ4v) is 4.28. The van der Waals surface area contributed by atoms with Crippen LogP contribution >= 0.6 is 11.3 Å². The first-order valence-electron chi connectivity index (χ1n) is 6.87. The van der Waals surface area contributed by atoms with E-state index in [1.165, 1.54) is 11.2 Å². The average Bonchev–Trinajstić information content (AvgIpc) is 3.20. The van der Waals surface area contributed by atoms with Gasteiger partial charge in [-0.15, -0.1) is 11.3 Å². The molecule has 0 saturated heterocycles. The van der Waals surface area contributed by atoms with Crippen molar-refractivity contribution in [2.24, 2.45) is 11.6 Å². The summed E-state index contributed by atoms with van der Waals surface area (Å²) in [5.74, 6) is 6.81. The van der Waals surface area contributed by atoms with Gasteiger partial charge in [-0.2, -0.15) is 0 Å². The number of aromatic nitrogens is 1. The lowest BCUT2D eigenvalue weighted by Gasteiger charge is -2.21. The van der Waals surface area contributed by atoms with Crippen molar-refractivity contribution < 1.29 is 4.42 Å². The molecule has 0 spiro atoms. The fourth-order valence-electron chi connectivity index (χ4n) is 3.22. The van der Waals surface area contributed by atoms with Gasteiger partial charge >= 0.3 is 0 Å². The van der Waals surface area contributed by atoms with Crippen LogP contribution in [0.25, 0.3) is 33.2 Å². The predicted molar refractivity (Wildman–Crippen MR) is 89.8 cm³/mol. The quantitative estimate of drug-likeness (QED) is 0.529. The molecule has 0 bridgehead atoms. The van der Waals surface area contributed by atoms with Crippen LogP contribution in [0.4, 0.5) is 5.88 Å². The molecule has 5 rings (SSSR count). The Morgan fingerprint density at radius 1 is 1.09 bits per heavy atom. The lowest BCUT2D eigenvalue weighted by molar-refractivity contribution is 0.568. The van der Waals surface area contributed by atoms with Crippen molar-refractivity contribution in [2.75, 3.05) is 5.01 Å². The third-order valence-corrected chi connectivity index (χ3v) is 5.13. The second-order valence-electron chi connectivity index (χ2n) is 5.22. The average molecular weight is 308 g/mol. The molecule has 0 saturated carbocycles. The van der Waals surface area contributed by atoms with Crippen molar-refractivity contribution in [1.29, 1.82) is 0 Å². The highest BCUT2D eigenvalue weighted by molar-refractivity contribution is 7.13. The number of nitrogens with two attached hydrogens (primary N) is 2. The number of hydrogen-bond acceptors (Lipinski definition) is 5. The number of benzene rings is 1. The molecular weight excluding hydrogens is 296 g/mol. The van der Waals surface area contributed by atoms with Gasteiger partial charge < -0.3 is 14.7 Å². The van der Waals surface area contributed by atoms with Crippen LogP contribution in [0.5, 0.6) is 0 Å². The minimum Gasteiger partial charge on any atom is -0.444 e. The van der Waals surface area contributed by atoms with Gasteiger partial charge in [0.25, 0.3) is 0 Å². The van der Waals surface area contributed by atoms with Crippen molar-refractivity contribution in [2.45, 2.75) is 0 Å². The van der Waals surface area contributed by atoms with Crippen molar-refractivity contribution in [3.05, 3.63) is 53.1 Å². The lowest BCUT2D eigenvalue weighted by Crippen LogP contribution is -2.30. The van der Waals surface area contributed by atoms with Crippen molar-refractivity contribution in [1.82, 2.24) is 4.57 Å². The molecule has 1 aliphatic rings. The van der Waals surface area contributed by atoms with E-state index < -0.39 is 0 Å². The Morgan fingerprint density at radius 3 is 2.68 bits per heavy atom. The molecule has 6 heteroatoms. The summed E-state index contributed by atoms with van der Waals surface area (Å²) in [7, 11) is 0. The number of hydrogen-bond donors (Lipinski definition) is 2. The van der Waals surface area contributed by atoms with E-state index in [4.69, 9.17) is 16.0 Å². The first-order chi connectivity index (χ1) is 10.8. The number of hydrazine groups is 1.